The third kappa shape index (κ3) is 8.17. The number of amides is 1. The first-order valence-corrected chi connectivity index (χ1v) is 7.96. The van der Waals surface area contributed by atoms with Crippen LogP contribution in [0.2, 0.25) is 0 Å². The number of nitrogens with one attached hydrogen (secondary N) is 2. The van der Waals surface area contributed by atoms with Gasteiger partial charge in [-0.2, -0.15) is 0 Å². The standard InChI is InChI=1S/C17H27FN4O3.HI/c1-12(13-6-7-15(25-5)14(18)10-13)21-17(19-8-9-24-4)20-11-16(23)22(2)3;/h6-7,10,12H,8-9,11H2,1-5H3,(H2,19,20,21);1H. The molecule has 0 saturated carbocycles. The minimum atomic E-state index is -0.428. The van der Waals surface area contributed by atoms with Crippen molar-refractivity contribution >= 4 is 35.8 Å². The van der Waals surface area contributed by atoms with E-state index in [0.717, 1.165) is 5.56 Å². The molecular formula is C17H28FIN4O3. The molecule has 0 bridgehead atoms. The zero-order valence-electron chi connectivity index (χ0n) is 15.8. The zero-order chi connectivity index (χ0) is 18.8. The number of hydrogen-bond acceptors (Lipinski definition) is 4. The average molecular weight is 482 g/mol. The summed E-state index contributed by atoms with van der Waals surface area (Å²) < 4.78 is 23.8. The van der Waals surface area contributed by atoms with E-state index in [0.29, 0.717) is 19.1 Å². The molecule has 1 unspecified atom stereocenters. The van der Waals surface area contributed by atoms with E-state index in [2.05, 4.69) is 15.6 Å². The number of hydrogen-bond donors (Lipinski definition) is 2. The number of benzene rings is 1. The minimum absolute atomic E-state index is 0. The van der Waals surface area contributed by atoms with Crippen LogP contribution in [0.5, 0.6) is 5.75 Å². The largest absolute Gasteiger partial charge is 0.494 e. The van der Waals surface area contributed by atoms with Crippen molar-refractivity contribution in [3.63, 3.8) is 0 Å². The van der Waals surface area contributed by atoms with Crippen LogP contribution in [0.25, 0.3) is 0 Å². The van der Waals surface area contributed by atoms with E-state index in [1.54, 1.807) is 33.3 Å². The fourth-order valence-corrected chi connectivity index (χ4v) is 1.95. The summed E-state index contributed by atoms with van der Waals surface area (Å²) in [4.78, 5) is 17.5. The van der Waals surface area contributed by atoms with Crippen molar-refractivity contribution in [1.82, 2.24) is 15.5 Å². The molecule has 1 atom stereocenters. The summed E-state index contributed by atoms with van der Waals surface area (Å²) in [6, 6.07) is 4.54. The first-order chi connectivity index (χ1) is 11.9. The van der Waals surface area contributed by atoms with E-state index in [4.69, 9.17) is 9.47 Å². The number of nitrogens with zero attached hydrogens (tertiary/aromatic N) is 2. The Labute approximate surface area is 171 Å². The Morgan fingerprint density at radius 1 is 1.35 bits per heavy atom. The summed E-state index contributed by atoms with van der Waals surface area (Å²) >= 11 is 0. The van der Waals surface area contributed by atoms with E-state index in [-0.39, 0.29) is 48.2 Å². The van der Waals surface area contributed by atoms with Crippen LogP contribution >= 0.6 is 24.0 Å². The summed E-state index contributed by atoms with van der Waals surface area (Å²) in [6.07, 6.45) is 0. The Hall–Kier alpha value is -1.62. The molecule has 26 heavy (non-hydrogen) atoms. The number of carbonyl (C=O) groups excluding carboxylic acids is 1. The van der Waals surface area contributed by atoms with Gasteiger partial charge >= 0.3 is 0 Å². The van der Waals surface area contributed by atoms with Crippen LogP contribution in [0.15, 0.2) is 23.2 Å². The van der Waals surface area contributed by atoms with E-state index in [1.807, 2.05) is 6.92 Å². The SMILES string of the molecule is COCCNC(=NCC(=O)N(C)C)NC(C)c1ccc(OC)c(F)c1.I. The molecular weight excluding hydrogens is 454 g/mol. The highest BCUT2D eigenvalue weighted by Gasteiger charge is 2.12. The van der Waals surface area contributed by atoms with Crippen molar-refractivity contribution in [1.29, 1.82) is 0 Å². The highest BCUT2D eigenvalue weighted by Crippen LogP contribution is 2.21. The third-order valence-electron chi connectivity index (χ3n) is 3.50. The van der Waals surface area contributed by atoms with Gasteiger partial charge in [-0.15, -0.1) is 24.0 Å². The van der Waals surface area contributed by atoms with E-state index in [1.165, 1.54) is 18.1 Å². The van der Waals surface area contributed by atoms with Crippen molar-refractivity contribution < 1.29 is 18.7 Å². The number of guanidine groups is 1. The van der Waals surface area contributed by atoms with Crippen molar-refractivity contribution in [2.75, 3.05) is 48.0 Å². The lowest BCUT2D eigenvalue weighted by molar-refractivity contribution is -0.127. The Balaban J connectivity index is 0.00000625. The van der Waals surface area contributed by atoms with Crippen LogP contribution in [-0.4, -0.2) is 64.8 Å². The number of methoxy groups -OCH3 is 2. The Morgan fingerprint density at radius 3 is 2.58 bits per heavy atom. The van der Waals surface area contributed by atoms with Gasteiger partial charge in [-0.3, -0.25) is 4.79 Å². The summed E-state index contributed by atoms with van der Waals surface area (Å²) in [6.45, 7) is 2.91. The maximum Gasteiger partial charge on any atom is 0.243 e. The summed E-state index contributed by atoms with van der Waals surface area (Å²) in [5, 5.41) is 6.23. The number of ether oxygens (including phenoxy) is 2. The van der Waals surface area contributed by atoms with Crippen LogP contribution in [0.4, 0.5) is 4.39 Å². The molecule has 0 aliphatic carbocycles. The lowest BCUT2D eigenvalue weighted by Gasteiger charge is -2.19. The lowest BCUT2D eigenvalue weighted by atomic mass is 10.1. The predicted octanol–water partition coefficient (Wildman–Crippen LogP) is 1.78. The molecule has 1 aromatic rings. The van der Waals surface area contributed by atoms with Crippen molar-refractivity contribution in [2.24, 2.45) is 4.99 Å². The molecule has 0 fully saturated rings. The monoisotopic (exact) mass is 482 g/mol. The molecule has 1 aromatic carbocycles. The van der Waals surface area contributed by atoms with Gasteiger partial charge in [0, 0.05) is 27.7 Å². The van der Waals surface area contributed by atoms with Gasteiger partial charge in [0.2, 0.25) is 5.91 Å². The van der Waals surface area contributed by atoms with Gasteiger partial charge in [0.05, 0.1) is 19.8 Å². The van der Waals surface area contributed by atoms with Gasteiger partial charge in [-0.25, -0.2) is 9.38 Å². The summed E-state index contributed by atoms with van der Waals surface area (Å²) in [5.74, 6) is 0.105. The van der Waals surface area contributed by atoms with Gasteiger partial charge in [-0.1, -0.05) is 6.07 Å². The van der Waals surface area contributed by atoms with Crippen LogP contribution in [0.1, 0.15) is 18.5 Å². The van der Waals surface area contributed by atoms with Crippen LogP contribution in [0, 0.1) is 5.82 Å². The molecule has 0 spiro atoms. The second-order valence-electron chi connectivity index (χ2n) is 5.63. The number of carbonyl (C=O) groups is 1. The highest BCUT2D eigenvalue weighted by molar-refractivity contribution is 14.0. The van der Waals surface area contributed by atoms with E-state index >= 15 is 0 Å². The highest BCUT2D eigenvalue weighted by atomic mass is 127. The first-order valence-electron chi connectivity index (χ1n) is 7.96. The lowest BCUT2D eigenvalue weighted by Crippen LogP contribution is -2.41. The van der Waals surface area contributed by atoms with Gasteiger partial charge in [-0.05, 0) is 24.6 Å². The zero-order valence-corrected chi connectivity index (χ0v) is 18.2. The van der Waals surface area contributed by atoms with E-state index < -0.39 is 5.82 Å². The van der Waals surface area contributed by atoms with Gasteiger partial charge in [0.25, 0.3) is 0 Å². The fourth-order valence-electron chi connectivity index (χ4n) is 1.95. The predicted molar refractivity (Wildman–Crippen MR) is 111 cm³/mol. The molecule has 0 heterocycles. The first kappa shape index (κ1) is 24.4. The summed E-state index contributed by atoms with van der Waals surface area (Å²) in [7, 11) is 6.37. The van der Waals surface area contributed by atoms with Crippen LogP contribution < -0.4 is 15.4 Å². The maximum atomic E-state index is 13.9. The second-order valence-corrected chi connectivity index (χ2v) is 5.63. The van der Waals surface area contributed by atoms with Crippen molar-refractivity contribution in [3.05, 3.63) is 29.6 Å². The Bertz CT molecular complexity index is 599. The van der Waals surface area contributed by atoms with Crippen LogP contribution in [-0.2, 0) is 9.53 Å². The average Bonchev–Trinajstić information content (AvgIpc) is 2.58. The smallest absolute Gasteiger partial charge is 0.243 e. The number of likely N-dealkylation sites (N-methyl/N-ethyl adjacent to an activating group) is 1. The van der Waals surface area contributed by atoms with Gasteiger partial charge < -0.3 is 25.0 Å². The topological polar surface area (TPSA) is 75.2 Å². The van der Waals surface area contributed by atoms with Gasteiger partial charge in [0.15, 0.2) is 17.5 Å². The van der Waals surface area contributed by atoms with Crippen molar-refractivity contribution in [3.8, 4) is 5.75 Å². The Kier molecular flexibility index (Phi) is 11.9. The van der Waals surface area contributed by atoms with Crippen molar-refractivity contribution in [2.45, 2.75) is 13.0 Å². The molecule has 0 aliphatic rings. The second kappa shape index (κ2) is 12.7. The molecule has 1 rings (SSSR count). The molecule has 2 N–H and O–H groups in total. The number of halogens is 2. The fraction of sp³-hybridized carbons (Fsp3) is 0.529. The third-order valence-corrected chi connectivity index (χ3v) is 3.50. The quantitative estimate of drug-likeness (QED) is 0.256. The molecule has 0 aliphatic heterocycles. The number of rotatable bonds is 8. The number of aliphatic imine (C=N–C) groups is 1. The Morgan fingerprint density at radius 2 is 2.04 bits per heavy atom. The molecule has 9 heteroatoms. The maximum absolute atomic E-state index is 13.9. The molecule has 0 saturated heterocycles. The van der Waals surface area contributed by atoms with Gasteiger partial charge in [0.1, 0.15) is 6.54 Å². The molecule has 7 nitrogen and oxygen atoms in total. The normalized spacial score (nSPS) is 12.0. The molecule has 0 radical (unpaired) electrons. The molecule has 0 aromatic heterocycles. The molecule has 148 valence electrons. The molecule has 1 amide bonds. The summed E-state index contributed by atoms with van der Waals surface area (Å²) in [5.41, 5.74) is 0.735. The minimum Gasteiger partial charge on any atom is -0.494 e. The van der Waals surface area contributed by atoms with E-state index in [9.17, 15) is 9.18 Å². The van der Waals surface area contributed by atoms with Crippen LogP contribution in [0.3, 0.4) is 0 Å².